The van der Waals surface area contributed by atoms with Gasteiger partial charge in [0.25, 0.3) is 0 Å². The molecule has 18 heavy (non-hydrogen) atoms. The van der Waals surface area contributed by atoms with Gasteiger partial charge in [0.05, 0.1) is 0 Å². The van der Waals surface area contributed by atoms with Crippen LogP contribution in [-0.2, 0) is 13.1 Å². The van der Waals surface area contributed by atoms with Crippen LogP contribution in [0.1, 0.15) is 11.1 Å². The molecule has 0 radical (unpaired) electrons. The van der Waals surface area contributed by atoms with Crippen molar-refractivity contribution in [3.63, 3.8) is 0 Å². The predicted octanol–water partition coefficient (Wildman–Crippen LogP) is 3.47. The zero-order chi connectivity index (χ0) is 13.0. The molecule has 2 aromatic rings. The molecule has 0 aliphatic rings. The van der Waals surface area contributed by atoms with E-state index >= 15 is 0 Å². The molecule has 94 valence electrons. The number of hydrogen-bond acceptors (Lipinski definition) is 2. The zero-order valence-electron chi connectivity index (χ0n) is 9.66. The number of aromatic hydroxyl groups is 1. The molecule has 2 nitrogen and oxygen atoms in total. The minimum Gasteiger partial charge on any atom is -0.508 e. The number of benzene rings is 2. The molecule has 0 saturated heterocycles. The van der Waals surface area contributed by atoms with Crippen molar-refractivity contribution in [2.24, 2.45) is 0 Å². The van der Waals surface area contributed by atoms with Crippen molar-refractivity contribution in [2.45, 2.75) is 13.1 Å². The Morgan fingerprint density at radius 3 is 2.50 bits per heavy atom. The van der Waals surface area contributed by atoms with Crippen LogP contribution in [0.5, 0.6) is 5.75 Å². The van der Waals surface area contributed by atoms with E-state index in [2.05, 4.69) is 5.32 Å². The Morgan fingerprint density at radius 2 is 1.78 bits per heavy atom. The second-order valence-corrected chi connectivity index (χ2v) is 4.41. The first-order valence-electron chi connectivity index (χ1n) is 5.58. The van der Waals surface area contributed by atoms with E-state index in [1.165, 1.54) is 12.1 Å². The van der Waals surface area contributed by atoms with Gasteiger partial charge in [-0.05, 0) is 41.5 Å². The quantitative estimate of drug-likeness (QED) is 0.887. The minimum atomic E-state index is -0.291. The third-order valence-corrected chi connectivity index (χ3v) is 2.96. The van der Waals surface area contributed by atoms with E-state index in [-0.39, 0.29) is 11.6 Å². The van der Waals surface area contributed by atoms with Gasteiger partial charge in [-0.2, -0.15) is 0 Å². The highest BCUT2D eigenvalue weighted by Gasteiger charge is 2.02. The second-order valence-electron chi connectivity index (χ2n) is 4.01. The van der Waals surface area contributed by atoms with Gasteiger partial charge in [-0.3, -0.25) is 0 Å². The van der Waals surface area contributed by atoms with Crippen LogP contribution in [-0.4, -0.2) is 5.11 Å². The molecule has 0 aliphatic carbocycles. The summed E-state index contributed by atoms with van der Waals surface area (Å²) in [6, 6.07) is 11.2. The van der Waals surface area contributed by atoms with Crippen LogP contribution < -0.4 is 5.32 Å². The monoisotopic (exact) mass is 265 g/mol. The zero-order valence-corrected chi connectivity index (χ0v) is 10.4. The van der Waals surface area contributed by atoms with Gasteiger partial charge in [-0.25, -0.2) is 4.39 Å². The topological polar surface area (TPSA) is 32.3 Å². The van der Waals surface area contributed by atoms with Gasteiger partial charge in [0.2, 0.25) is 0 Å². The first-order chi connectivity index (χ1) is 8.65. The van der Waals surface area contributed by atoms with Gasteiger partial charge in [-0.1, -0.05) is 23.7 Å². The van der Waals surface area contributed by atoms with Crippen molar-refractivity contribution < 1.29 is 9.50 Å². The van der Waals surface area contributed by atoms with Crippen LogP contribution in [0.2, 0.25) is 5.02 Å². The summed E-state index contributed by atoms with van der Waals surface area (Å²) < 4.78 is 13.0. The summed E-state index contributed by atoms with van der Waals surface area (Å²) >= 11 is 5.96. The molecule has 2 aromatic carbocycles. The molecule has 0 fully saturated rings. The molecule has 2 N–H and O–H groups in total. The normalized spacial score (nSPS) is 10.6. The van der Waals surface area contributed by atoms with Crippen LogP contribution in [0.25, 0.3) is 0 Å². The van der Waals surface area contributed by atoms with Crippen molar-refractivity contribution >= 4 is 11.6 Å². The van der Waals surface area contributed by atoms with Crippen LogP contribution in [0.3, 0.4) is 0 Å². The molecule has 0 heterocycles. The Balaban J connectivity index is 1.92. The number of hydrogen-bond donors (Lipinski definition) is 2. The van der Waals surface area contributed by atoms with E-state index in [0.717, 1.165) is 11.1 Å². The standard InChI is InChI=1S/C14H13ClFNO/c15-14-6-3-12(16)7-11(14)9-17-8-10-1-4-13(18)5-2-10/h1-7,17-18H,8-9H2. The number of nitrogens with one attached hydrogen (secondary N) is 1. The summed E-state index contributed by atoms with van der Waals surface area (Å²) in [5, 5.41) is 12.9. The molecule has 0 aliphatic heterocycles. The Bertz CT molecular complexity index is 528. The lowest BCUT2D eigenvalue weighted by atomic mass is 10.2. The third-order valence-electron chi connectivity index (χ3n) is 2.59. The highest BCUT2D eigenvalue weighted by atomic mass is 35.5. The van der Waals surface area contributed by atoms with E-state index in [1.54, 1.807) is 18.2 Å². The fourth-order valence-electron chi connectivity index (χ4n) is 1.63. The van der Waals surface area contributed by atoms with Crippen LogP contribution in [0.4, 0.5) is 4.39 Å². The molecule has 0 saturated carbocycles. The lowest BCUT2D eigenvalue weighted by Crippen LogP contribution is -2.13. The lowest BCUT2D eigenvalue weighted by Gasteiger charge is -2.07. The Morgan fingerprint density at radius 1 is 1.06 bits per heavy atom. The molecular formula is C14H13ClFNO. The van der Waals surface area contributed by atoms with Crippen molar-refractivity contribution in [1.82, 2.24) is 5.32 Å². The van der Waals surface area contributed by atoms with E-state index in [1.807, 2.05) is 12.1 Å². The second kappa shape index (κ2) is 5.85. The summed E-state index contributed by atoms with van der Waals surface area (Å²) in [6.07, 6.45) is 0. The summed E-state index contributed by atoms with van der Waals surface area (Å²) in [7, 11) is 0. The summed E-state index contributed by atoms with van der Waals surface area (Å²) in [6.45, 7) is 1.13. The van der Waals surface area contributed by atoms with Gasteiger partial charge < -0.3 is 10.4 Å². The SMILES string of the molecule is Oc1ccc(CNCc2cc(F)ccc2Cl)cc1. The number of phenolic OH excluding ortho intramolecular Hbond substituents is 1. The van der Waals surface area contributed by atoms with Crippen molar-refractivity contribution in [1.29, 1.82) is 0 Å². The highest BCUT2D eigenvalue weighted by Crippen LogP contribution is 2.17. The van der Waals surface area contributed by atoms with Crippen molar-refractivity contribution in [2.75, 3.05) is 0 Å². The van der Waals surface area contributed by atoms with Crippen LogP contribution in [0.15, 0.2) is 42.5 Å². The first kappa shape index (κ1) is 12.9. The van der Waals surface area contributed by atoms with Gasteiger partial charge >= 0.3 is 0 Å². The maximum absolute atomic E-state index is 13.0. The summed E-state index contributed by atoms with van der Waals surface area (Å²) in [5.41, 5.74) is 1.77. The maximum Gasteiger partial charge on any atom is 0.123 e. The minimum absolute atomic E-state index is 0.243. The molecular weight excluding hydrogens is 253 g/mol. The molecule has 0 amide bonds. The Hall–Kier alpha value is -1.58. The van der Waals surface area contributed by atoms with Gasteiger partial charge in [0.1, 0.15) is 11.6 Å². The molecule has 0 bridgehead atoms. The molecule has 4 heteroatoms. The van der Waals surface area contributed by atoms with Gasteiger partial charge in [0.15, 0.2) is 0 Å². The van der Waals surface area contributed by atoms with Crippen molar-refractivity contribution in [3.8, 4) is 5.75 Å². The van der Waals surface area contributed by atoms with E-state index in [0.29, 0.717) is 18.1 Å². The fourth-order valence-corrected chi connectivity index (χ4v) is 1.82. The average molecular weight is 266 g/mol. The largest absolute Gasteiger partial charge is 0.508 e. The van der Waals surface area contributed by atoms with Crippen LogP contribution in [0, 0.1) is 5.82 Å². The molecule has 0 unspecified atom stereocenters. The van der Waals surface area contributed by atoms with E-state index < -0.39 is 0 Å². The van der Waals surface area contributed by atoms with Gasteiger partial charge in [-0.15, -0.1) is 0 Å². The molecule has 2 rings (SSSR count). The first-order valence-corrected chi connectivity index (χ1v) is 5.95. The predicted molar refractivity (Wildman–Crippen MR) is 70.1 cm³/mol. The number of halogens is 2. The summed E-state index contributed by atoms with van der Waals surface area (Å²) in [4.78, 5) is 0. The lowest BCUT2D eigenvalue weighted by molar-refractivity contribution is 0.475. The number of rotatable bonds is 4. The Labute approximate surface area is 110 Å². The smallest absolute Gasteiger partial charge is 0.123 e. The number of phenols is 1. The highest BCUT2D eigenvalue weighted by molar-refractivity contribution is 6.31. The fraction of sp³-hybridized carbons (Fsp3) is 0.143. The maximum atomic E-state index is 13.0. The Kier molecular flexibility index (Phi) is 4.18. The average Bonchev–Trinajstić information content (AvgIpc) is 2.36. The van der Waals surface area contributed by atoms with E-state index in [4.69, 9.17) is 16.7 Å². The molecule has 0 atom stereocenters. The molecule has 0 aromatic heterocycles. The van der Waals surface area contributed by atoms with E-state index in [9.17, 15) is 4.39 Å². The third kappa shape index (κ3) is 3.45. The molecule has 0 spiro atoms. The van der Waals surface area contributed by atoms with Crippen molar-refractivity contribution in [3.05, 3.63) is 64.4 Å². The summed E-state index contributed by atoms with van der Waals surface area (Å²) in [5.74, 6) is -0.0484. The van der Waals surface area contributed by atoms with Gasteiger partial charge in [0, 0.05) is 18.1 Å². The van der Waals surface area contributed by atoms with Crippen LogP contribution >= 0.6 is 11.6 Å².